The molecule has 78 valence electrons. The lowest BCUT2D eigenvalue weighted by Crippen LogP contribution is -2.03. The van der Waals surface area contributed by atoms with Gasteiger partial charge in [0.2, 0.25) is 0 Å². The molecule has 0 atom stereocenters. The molecule has 0 saturated heterocycles. The van der Waals surface area contributed by atoms with Crippen molar-refractivity contribution in [3.05, 3.63) is 11.6 Å². The van der Waals surface area contributed by atoms with Crippen LogP contribution < -0.4 is 0 Å². The SMILES string of the molecule is CC#CCn1nc(C2CC2)nc1C1CC1. The Kier molecular flexibility index (Phi) is 2.02. The fourth-order valence-electron chi connectivity index (χ4n) is 1.80. The maximum Gasteiger partial charge on any atom is 0.154 e. The summed E-state index contributed by atoms with van der Waals surface area (Å²) in [6, 6.07) is 0. The second kappa shape index (κ2) is 3.37. The fraction of sp³-hybridized carbons (Fsp3) is 0.667. The van der Waals surface area contributed by atoms with E-state index in [0.29, 0.717) is 18.4 Å². The topological polar surface area (TPSA) is 30.7 Å². The molecule has 0 amide bonds. The summed E-state index contributed by atoms with van der Waals surface area (Å²) >= 11 is 0. The molecule has 2 aliphatic carbocycles. The molecule has 2 saturated carbocycles. The molecule has 1 aromatic heterocycles. The van der Waals surface area contributed by atoms with Crippen molar-refractivity contribution in [2.45, 2.75) is 51.0 Å². The molecular weight excluding hydrogens is 186 g/mol. The number of hydrogen-bond acceptors (Lipinski definition) is 2. The van der Waals surface area contributed by atoms with Crippen LogP contribution in [0.5, 0.6) is 0 Å². The Balaban J connectivity index is 1.89. The Hall–Kier alpha value is -1.30. The number of nitrogens with zero attached hydrogens (tertiary/aromatic N) is 3. The van der Waals surface area contributed by atoms with Crippen LogP contribution in [-0.4, -0.2) is 14.8 Å². The molecule has 3 rings (SSSR count). The molecular formula is C12H15N3. The normalized spacial score (nSPS) is 19.8. The van der Waals surface area contributed by atoms with E-state index in [1.54, 1.807) is 0 Å². The van der Waals surface area contributed by atoms with Crippen molar-refractivity contribution in [1.29, 1.82) is 0 Å². The van der Waals surface area contributed by atoms with E-state index in [9.17, 15) is 0 Å². The molecule has 15 heavy (non-hydrogen) atoms. The predicted octanol–water partition coefficient (Wildman–Crippen LogP) is 2.06. The van der Waals surface area contributed by atoms with Gasteiger partial charge in [-0.05, 0) is 32.6 Å². The van der Waals surface area contributed by atoms with Crippen LogP contribution in [0.3, 0.4) is 0 Å². The lowest BCUT2D eigenvalue weighted by molar-refractivity contribution is 0.655. The smallest absolute Gasteiger partial charge is 0.154 e. The van der Waals surface area contributed by atoms with Crippen molar-refractivity contribution in [3.8, 4) is 11.8 Å². The van der Waals surface area contributed by atoms with Crippen molar-refractivity contribution in [2.24, 2.45) is 0 Å². The summed E-state index contributed by atoms with van der Waals surface area (Å²) in [7, 11) is 0. The summed E-state index contributed by atoms with van der Waals surface area (Å²) in [5.41, 5.74) is 0. The van der Waals surface area contributed by atoms with Gasteiger partial charge < -0.3 is 0 Å². The van der Waals surface area contributed by atoms with Gasteiger partial charge in [0.05, 0.1) is 0 Å². The van der Waals surface area contributed by atoms with Crippen LogP contribution in [0.1, 0.15) is 56.1 Å². The summed E-state index contributed by atoms with van der Waals surface area (Å²) in [6.07, 6.45) is 5.10. The van der Waals surface area contributed by atoms with Crippen LogP contribution in [0.25, 0.3) is 0 Å². The van der Waals surface area contributed by atoms with E-state index in [1.165, 1.54) is 31.5 Å². The summed E-state index contributed by atoms with van der Waals surface area (Å²) < 4.78 is 2.02. The van der Waals surface area contributed by atoms with Gasteiger partial charge in [-0.25, -0.2) is 9.67 Å². The van der Waals surface area contributed by atoms with Gasteiger partial charge in [0.25, 0.3) is 0 Å². The lowest BCUT2D eigenvalue weighted by atomic mass is 10.4. The molecule has 1 aromatic rings. The predicted molar refractivity (Wildman–Crippen MR) is 57.4 cm³/mol. The molecule has 0 spiro atoms. The first kappa shape index (κ1) is 8.96. The van der Waals surface area contributed by atoms with Gasteiger partial charge in [-0.3, -0.25) is 0 Å². The molecule has 3 heteroatoms. The molecule has 2 aliphatic rings. The standard InChI is InChI=1S/C12H15N3/c1-2-3-8-15-12(10-6-7-10)13-11(14-15)9-4-5-9/h9-10H,4-8H2,1H3. The van der Waals surface area contributed by atoms with E-state index < -0.39 is 0 Å². The van der Waals surface area contributed by atoms with Crippen molar-refractivity contribution in [1.82, 2.24) is 14.8 Å². The molecule has 3 nitrogen and oxygen atoms in total. The van der Waals surface area contributed by atoms with E-state index in [4.69, 9.17) is 0 Å². The molecule has 0 aliphatic heterocycles. The lowest BCUT2D eigenvalue weighted by Gasteiger charge is -1.97. The van der Waals surface area contributed by atoms with Crippen LogP contribution in [0, 0.1) is 11.8 Å². The van der Waals surface area contributed by atoms with Crippen molar-refractivity contribution < 1.29 is 0 Å². The highest BCUT2D eigenvalue weighted by Gasteiger charge is 2.33. The molecule has 0 unspecified atom stereocenters. The first-order chi connectivity index (χ1) is 7.38. The third-order valence-corrected chi connectivity index (χ3v) is 3.01. The average Bonchev–Trinajstić information content (AvgIpc) is 3.12. The van der Waals surface area contributed by atoms with Crippen LogP contribution in [-0.2, 0) is 6.54 Å². The van der Waals surface area contributed by atoms with Gasteiger partial charge in [0.1, 0.15) is 12.4 Å². The van der Waals surface area contributed by atoms with Crippen LogP contribution in [0.4, 0.5) is 0 Å². The van der Waals surface area contributed by atoms with Gasteiger partial charge in [-0.1, -0.05) is 5.92 Å². The van der Waals surface area contributed by atoms with E-state index in [0.717, 1.165) is 5.82 Å². The first-order valence-electron chi connectivity index (χ1n) is 5.72. The van der Waals surface area contributed by atoms with Crippen LogP contribution in [0.2, 0.25) is 0 Å². The van der Waals surface area contributed by atoms with Gasteiger partial charge in [-0.15, -0.1) is 5.92 Å². The fourth-order valence-corrected chi connectivity index (χ4v) is 1.80. The molecule has 2 fully saturated rings. The zero-order chi connectivity index (χ0) is 10.3. The summed E-state index contributed by atoms with van der Waals surface area (Å²) in [5, 5.41) is 4.57. The van der Waals surface area contributed by atoms with Gasteiger partial charge in [0.15, 0.2) is 5.82 Å². The molecule has 0 N–H and O–H groups in total. The molecule has 1 heterocycles. The Morgan fingerprint density at radius 3 is 2.60 bits per heavy atom. The third-order valence-electron chi connectivity index (χ3n) is 3.01. The Bertz CT molecular complexity index is 427. The van der Waals surface area contributed by atoms with Gasteiger partial charge in [0, 0.05) is 11.8 Å². The maximum atomic E-state index is 4.67. The quantitative estimate of drug-likeness (QED) is 0.701. The van der Waals surface area contributed by atoms with E-state index in [2.05, 4.69) is 21.9 Å². The second-order valence-corrected chi connectivity index (χ2v) is 4.46. The highest BCUT2D eigenvalue weighted by atomic mass is 15.4. The Labute approximate surface area is 89.9 Å². The van der Waals surface area contributed by atoms with Gasteiger partial charge >= 0.3 is 0 Å². The highest BCUT2D eigenvalue weighted by molar-refractivity contribution is 5.13. The summed E-state index contributed by atoms with van der Waals surface area (Å²) in [6.45, 7) is 2.58. The van der Waals surface area contributed by atoms with E-state index >= 15 is 0 Å². The minimum absolute atomic E-state index is 0.651. The van der Waals surface area contributed by atoms with Gasteiger partial charge in [-0.2, -0.15) is 5.10 Å². The summed E-state index contributed by atoms with van der Waals surface area (Å²) in [4.78, 5) is 4.67. The Morgan fingerprint density at radius 1 is 1.27 bits per heavy atom. The van der Waals surface area contributed by atoms with Crippen LogP contribution >= 0.6 is 0 Å². The maximum absolute atomic E-state index is 4.67. The first-order valence-corrected chi connectivity index (χ1v) is 5.72. The van der Waals surface area contributed by atoms with Crippen molar-refractivity contribution >= 4 is 0 Å². The highest BCUT2D eigenvalue weighted by Crippen LogP contribution is 2.42. The average molecular weight is 201 g/mol. The molecule has 0 radical (unpaired) electrons. The van der Waals surface area contributed by atoms with E-state index in [-0.39, 0.29) is 0 Å². The minimum Gasteiger partial charge on any atom is -0.238 e. The Morgan fingerprint density at radius 2 is 2.00 bits per heavy atom. The third kappa shape index (κ3) is 1.77. The number of rotatable bonds is 3. The van der Waals surface area contributed by atoms with Crippen molar-refractivity contribution in [2.75, 3.05) is 0 Å². The number of hydrogen-bond donors (Lipinski definition) is 0. The minimum atomic E-state index is 0.651. The van der Waals surface area contributed by atoms with E-state index in [1.807, 2.05) is 11.6 Å². The molecule has 0 aromatic carbocycles. The zero-order valence-corrected chi connectivity index (χ0v) is 9.03. The number of aromatic nitrogens is 3. The van der Waals surface area contributed by atoms with Crippen molar-refractivity contribution in [3.63, 3.8) is 0 Å². The van der Waals surface area contributed by atoms with Crippen LogP contribution in [0.15, 0.2) is 0 Å². The summed E-state index contributed by atoms with van der Waals surface area (Å²) in [5.74, 6) is 9.56. The monoisotopic (exact) mass is 201 g/mol. The second-order valence-electron chi connectivity index (χ2n) is 4.46. The largest absolute Gasteiger partial charge is 0.238 e. The zero-order valence-electron chi connectivity index (χ0n) is 9.03. The molecule has 0 bridgehead atoms.